The van der Waals surface area contributed by atoms with Gasteiger partial charge in [0.2, 0.25) is 0 Å². The second-order valence-corrected chi connectivity index (χ2v) is 5.47. The van der Waals surface area contributed by atoms with E-state index in [9.17, 15) is 5.11 Å². The summed E-state index contributed by atoms with van der Waals surface area (Å²) in [6.07, 6.45) is 1.03. The SMILES string of the molecule is Cc1ccc(Br)c(NCC(O)COCc2ccco2)c1. The van der Waals surface area contributed by atoms with Gasteiger partial charge in [-0.05, 0) is 52.7 Å². The zero-order valence-electron chi connectivity index (χ0n) is 11.3. The highest BCUT2D eigenvalue weighted by molar-refractivity contribution is 9.10. The molecule has 20 heavy (non-hydrogen) atoms. The summed E-state index contributed by atoms with van der Waals surface area (Å²) in [6, 6.07) is 9.69. The van der Waals surface area contributed by atoms with E-state index >= 15 is 0 Å². The van der Waals surface area contributed by atoms with Gasteiger partial charge in [-0.2, -0.15) is 0 Å². The van der Waals surface area contributed by atoms with Crippen molar-refractivity contribution in [2.75, 3.05) is 18.5 Å². The van der Waals surface area contributed by atoms with Gasteiger partial charge >= 0.3 is 0 Å². The fraction of sp³-hybridized carbons (Fsp3) is 0.333. The zero-order chi connectivity index (χ0) is 14.4. The molecule has 0 amide bonds. The minimum absolute atomic E-state index is 0.261. The maximum Gasteiger partial charge on any atom is 0.129 e. The summed E-state index contributed by atoms with van der Waals surface area (Å²) in [5, 5.41) is 13.1. The van der Waals surface area contributed by atoms with Crippen molar-refractivity contribution in [3.8, 4) is 0 Å². The Kier molecular flexibility index (Phi) is 5.64. The molecule has 0 saturated carbocycles. The molecule has 1 aromatic carbocycles. The van der Waals surface area contributed by atoms with E-state index in [2.05, 4.69) is 21.2 Å². The smallest absolute Gasteiger partial charge is 0.129 e. The molecule has 0 bridgehead atoms. The van der Waals surface area contributed by atoms with Gasteiger partial charge in [0.25, 0.3) is 0 Å². The molecule has 1 aromatic heterocycles. The van der Waals surface area contributed by atoms with E-state index in [0.717, 1.165) is 15.9 Å². The molecule has 4 nitrogen and oxygen atoms in total. The van der Waals surface area contributed by atoms with Gasteiger partial charge in [-0.3, -0.25) is 0 Å². The van der Waals surface area contributed by atoms with Gasteiger partial charge in [-0.15, -0.1) is 0 Å². The van der Waals surface area contributed by atoms with Crippen molar-refractivity contribution < 1.29 is 14.3 Å². The topological polar surface area (TPSA) is 54.6 Å². The summed E-state index contributed by atoms with van der Waals surface area (Å²) >= 11 is 3.47. The lowest BCUT2D eigenvalue weighted by molar-refractivity contribution is 0.0282. The lowest BCUT2D eigenvalue weighted by atomic mass is 10.2. The van der Waals surface area contributed by atoms with Crippen molar-refractivity contribution in [3.05, 3.63) is 52.4 Å². The zero-order valence-corrected chi connectivity index (χ0v) is 12.9. The molecule has 0 fully saturated rings. The van der Waals surface area contributed by atoms with E-state index in [1.807, 2.05) is 37.3 Å². The van der Waals surface area contributed by atoms with Gasteiger partial charge in [0.05, 0.1) is 19.0 Å². The van der Waals surface area contributed by atoms with Crippen LogP contribution in [0.15, 0.2) is 45.5 Å². The Morgan fingerprint density at radius 1 is 1.40 bits per heavy atom. The Labute approximate surface area is 126 Å². The Hall–Kier alpha value is -1.30. The number of aliphatic hydroxyl groups is 1. The van der Waals surface area contributed by atoms with Crippen LogP contribution in [0.25, 0.3) is 0 Å². The van der Waals surface area contributed by atoms with Crippen LogP contribution in [0.4, 0.5) is 5.69 Å². The van der Waals surface area contributed by atoms with Crippen molar-refractivity contribution in [3.63, 3.8) is 0 Å². The lowest BCUT2D eigenvalue weighted by Crippen LogP contribution is -2.24. The summed E-state index contributed by atoms with van der Waals surface area (Å²) in [7, 11) is 0. The number of halogens is 1. The number of aliphatic hydroxyl groups excluding tert-OH is 1. The molecule has 0 aliphatic heterocycles. The third-order valence-corrected chi connectivity index (χ3v) is 3.48. The monoisotopic (exact) mass is 339 g/mol. The van der Waals surface area contributed by atoms with E-state index in [-0.39, 0.29) is 6.61 Å². The van der Waals surface area contributed by atoms with E-state index < -0.39 is 6.10 Å². The minimum Gasteiger partial charge on any atom is -0.467 e. The highest BCUT2D eigenvalue weighted by Gasteiger charge is 2.07. The third-order valence-electron chi connectivity index (χ3n) is 2.78. The van der Waals surface area contributed by atoms with E-state index in [4.69, 9.17) is 9.15 Å². The lowest BCUT2D eigenvalue weighted by Gasteiger charge is -2.14. The first kappa shape index (κ1) is 15.1. The number of hydrogen-bond acceptors (Lipinski definition) is 4. The van der Waals surface area contributed by atoms with Crippen LogP contribution in [0.2, 0.25) is 0 Å². The number of rotatable bonds is 7. The number of nitrogens with one attached hydrogen (secondary N) is 1. The minimum atomic E-state index is -0.572. The molecular weight excluding hydrogens is 322 g/mol. The molecule has 1 atom stereocenters. The van der Waals surface area contributed by atoms with Crippen LogP contribution >= 0.6 is 15.9 Å². The maximum atomic E-state index is 9.87. The van der Waals surface area contributed by atoms with Crippen LogP contribution < -0.4 is 5.32 Å². The molecule has 0 spiro atoms. The molecular formula is C15H18BrNO3. The highest BCUT2D eigenvalue weighted by atomic mass is 79.9. The van der Waals surface area contributed by atoms with E-state index in [1.165, 1.54) is 5.56 Å². The van der Waals surface area contributed by atoms with Crippen LogP contribution in [-0.2, 0) is 11.3 Å². The van der Waals surface area contributed by atoms with Crippen molar-refractivity contribution in [2.24, 2.45) is 0 Å². The van der Waals surface area contributed by atoms with Gasteiger partial charge in [-0.25, -0.2) is 0 Å². The normalized spacial score (nSPS) is 12.3. The van der Waals surface area contributed by atoms with Crippen molar-refractivity contribution in [1.29, 1.82) is 0 Å². The van der Waals surface area contributed by atoms with Crippen LogP contribution in [0.3, 0.4) is 0 Å². The van der Waals surface area contributed by atoms with Gasteiger partial charge in [0, 0.05) is 16.7 Å². The van der Waals surface area contributed by atoms with E-state index in [0.29, 0.717) is 13.2 Å². The predicted molar refractivity (Wildman–Crippen MR) is 81.7 cm³/mol. The van der Waals surface area contributed by atoms with Crippen molar-refractivity contribution in [2.45, 2.75) is 19.6 Å². The Morgan fingerprint density at radius 2 is 2.25 bits per heavy atom. The summed E-state index contributed by atoms with van der Waals surface area (Å²) in [6.45, 7) is 3.09. The summed E-state index contributed by atoms with van der Waals surface area (Å²) in [4.78, 5) is 0. The fourth-order valence-electron chi connectivity index (χ4n) is 1.75. The third kappa shape index (κ3) is 4.67. The Morgan fingerprint density at radius 3 is 3.00 bits per heavy atom. The van der Waals surface area contributed by atoms with Gasteiger partial charge in [-0.1, -0.05) is 6.07 Å². The Bertz CT molecular complexity index is 528. The fourth-order valence-corrected chi connectivity index (χ4v) is 2.14. The molecule has 0 aliphatic rings. The standard InChI is InChI=1S/C15H18BrNO3/c1-11-4-5-14(16)15(7-11)17-8-12(18)9-19-10-13-3-2-6-20-13/h2-7,12,17-18H,8-10H2,1H3. The molecule has 2 N–H and O–H groups in total. The largest absolute Gasteiger partial charge is 0.467 e. The molecule has 1 heterocycles. The molecule has 0 saturated heterocycles. The van der Waals surface area contributed by atoms with Crippen LogP contribution in [0, 0.1) is 6.92 Å². The summed E-state index contributed by atoms with van der Waals surface area (Å²) in [5.74, 6) is 0.756. The molecule has 0 aliphatic carbocycles. The van der Waals surface area contributed by atoms with Gasteiger partial charge < -0.3 is 19.6 Å². The number of furan rings is 1. The quantitative estimate of drug-likeness (QED) is 0.812. The second kappa shape index (κ2) is 7.47. The molecule has 0 radical (unpaired) electrons. The number of aryl methyl sites for hydroxylation is 1. The average molecular weight is 340 g/mol. The molecule has 108 valence electrons. The van der Waals surface area contributed by atoms with Crippen molar-refractivity contribution in [1.82, 2.24) is 0 Å². The average Bonchev–Trinajstić information content (AvgIpc) is 2.93. The first-order valence-corrected chi connectivity index (χ1v) is 7.22. The van der Waals surface area contributed by atoms with E-state index in [1.54, 1.807) is 6.26 Å². The second-order valence-electron chi connectivity index (χ2n) is 4.61. The van der Waals surface area contributed by atoms with Crippen molar-refractivity contribution >= 4 is 21.6 Å². The molecule has 2 rings (SSSR count). The number of hydrogen-bond donors (Lipinski definition) is 2. The maximum absolute atomic E-state index is 9.87. The number of anilines is 1. The van der Waals surface area contributed by atoms with Gasteiger partial charge in [0.1, 0.15) is 12.4 Å². The first-order chi connectivity index (χ1) is 9.65. The summed E-state index contributed by atoms with van der Waals surface area (Å²) in [5.41, 5.74) is 2.13. The predicted octanol–water partition coefficient (Wildman–Crippen LogP) is 3.34. The number of benzene rings is 1. The Balaban J connectivity index is 1.71. The molecule has 2 aromatic rings. The molecule has 5 heteroatoms. The summed E-state index contributed by atoms with van der Waals surface area (Å²) < 4.78 is 11.5. The van der Waals surface area contributed by atoms with Gasteiger partial charge in [0.15, 0.2) is 0 Å². The highest BCUT2D eigenvalue weighted by Crippen LogP contribution is 2.23. The molecule has 1 unspecified atom stereocenters. The van der Waals surface area contributed by atoms with Crippen LogP contribution in [0.1, 0.15) is 11.3 Å². The van der Waals surface area contributed by atoms with Crippen LogP contribution in [0.5, 0.6) is 0 Å². The first-order valence-electron chi connectivity index (χ1n) is 6.43. The van der Waals surface area contributed by atoms with Crippen LogP contribution in [-0.4, -0.2) is 24.4 Å². The number of ether oxygens (including phenoxy) is 1.